The Kier molecular flexibility index (Phi) is 7.30. The highest BCUT2D eigenvalue weighted by molar-refractivity contribution is 5.87. The van der Waals surface area contributed by atoms with Gasteiger partial charge in [-0.25, -0.2) is 4.79 Å². The second-order valence-corrected chi connectivity index (χ2v) is 4.37. The average molecular weight is 240 g/mol. The van der Waals surface area contributed by atoms with Crippen LogP contribution >= 0.6 is 0 Å². The molecule has 0 spiro atoms. The number of allylic oxidation sites excluding steroid dienone is 3. The second-order valence-electron chi connectivity index (χ2n) is 4.37. The first kappa shape index (κ1) is 15.7. The molecule has 0 aliphatic rings. The maximum Gasteiger partial charge on any atom is 0.333 e. The molecule has 0 aromatic carbocycles. The van der Waals surface area contributed by atoms with Crippen LogP contribution in [0.3, 0.4) is 0 Å². The summed E-state index contributed by atoms with van der Waals surface area (Å²) in [6, 6.07) is 0. The Bertz CT molecular complexity index is 307. The predicted molar refractivity (Wildman–Crippen MR) is 70.7 cm³/mol. The van der Waals surface area contributed by atoms with Crippen molar-refractivity contribution in [2.75, 3.05) is 41.3 Å². The maximum atomic E-state index is 11.2. The van der Waals surface area contributed by atoms with Gasteiger partial charge in [0.2, 0.25) is 0 Å². The van der Waals surface area contributed by atoms with E-state index >= 15 is 0 Å². The fourth-order valence-electron chi connectivity index (χ4n) is 1.13. The molecule has 0 fully saturated rings. The van der Waals surface area contributed by atoms with Crippen LogP contribution < -0.4 is 0 Å². The van der Waals surface area contributed by atoms with Gasteiger partial charge in [-0.2, -0.15) is 0 Å². The fraction of sp³-hybridized carbons (Fsp3) is 0.615. The van der Waals surface area contributed by atoms with Crippen LogP contribution in [0.5, 0.6) is 0 Å². The first-order chi connectivity index (χ1) is 7.88. The number of rotatable bonds is 6. The van der Waals surface area contributed by atoms with E-state index in [1.807, 2.05) is 34.1 Å². The Labute approximate surface area is 105 Å². The van der Waals surface area contributed by atoms with Gasteiger partial charge >= 0.3 is 5.97 Å². The summed E-state index contributed by atoms with van der Waals surface area (Å²) in [5, 5.41) is 0. The Hall–Kier alpha value is -1.29. The Morgan fingerprint density at radius 2 is 1.71 bits per heavy atom. The number of esters is 1. The Morgan fingerprint density at radius 1 is 1.12 bits per heavy atom. The molecule has 0 rings (SSSR count). The molecule has 98 valence electrons. The van der Waals surface area contributed by atoms with E-state index in [1.165, 1.54) is 7.11 Å². The van der Waals surface area contributed by atoms with Crippen molar-refractivity contribution >= 4 is 5.97 Å². The highest BCUT2D eigenvalue weighted by Crippen LogP contribution is 2.03. The van der Waals surface area contributed by atoms with Crippen molar-refractivity contribution < 1.29 is 9.53 Å². The van der Waals surface area contributed by atoms with Crippen LogP contribution in [0, 0.1) is 0 Å². The van der Waals surface area contributed by atoms with E-state index in [2.05, 4.69) is 14.5 Å². The zero-order valence-corrected chi connectivity index (χ0v) is 11.8. The quantitative estimate of drug-likeness (QED) is 0.400. The number of hydrogen-bond donors (Lipinski definition) is 0. The fourth-order valence-corrected chi connectivity index (χ4v) is 1.13. The van der Waals surface area contributed by atoms with E-state index in [9.17, 15) is 4.79 Å². The minimum Gasteiger partial charge on any atom is -0.466 e. The molecule has 0 amide bonds. The summed E-state index contributed by atoms with van der Waals surface area (Å²) in [6.07, 6.45) is 3.72. The van der Waals surface area contributed by atoms with E-state index in [1.54, 1.807) is 13.0 Å². The van der Waals surface area contributed by atoms with Crippen molar-refractivity contribution in [2.45, 2.75) is 13.8 Å². The first-order valence-corrected chi connectivity index (χ1v) is 5.67. The largest absolute Gasteiger partial charge is 0.466 e. The standard InChI is InChI=1S/C13H24N2O2/c1-11(13(16)17-6)7-8-12(2)15(5)10-9-14(3)4/h7-8H,9-10H2,1-6H3. The molecule has 0 aromatic heterocycles. The van der Waals surface area contributed by atoms with Crippen LogP contribution in [0.2, 0.25) is 0 Å². The van der Waals surface area contributed by atoms with Crippen molar-refractivity contribution in [3.63, 3.8) is 0 Å². The van der Waals surface area contributed by atoms with Crippen LogP contribution in [-0.4, -0.2) is 57.1 Å². The average Bonchev–Trinajstić information content (AvgIpc) is 2.31. The van der Waals surface area contributed by atoms with Gasteiger partial charge in [-0.15, -0.1) is 0 Å². The molecule has 0 unspecified atom stereocenters. The first-order valence-electron chi connectivity index (χ1n) is 5.67. The van der Waals surface area contributed by atoms with Gasteiger partial charge in [-0.1, -0.05) is 6.08 Å². The van der Waals surface area contributed by atoms with Gasteiger partial charge in [0.1, 0.15) is 0 Å². The van der Waals surface area contributed by atoms with Gasteiger partial charge in [0.25, 0.3) is 0 Å². The lowest BCUT2D eigenvalue weighted by Gasteiger charge is -2.21. The van der Waals surface area contributed by atoms with Crippen molar-refractivity contribution in [2.24, 2.45) is 0 Å². The summed E-state index contributed by atoms with van der Waals surface area (Å²) >= 11 is 0. The van der Waals surface area contributed by atoms with E-state index in [-0.39, 0.29) is 5.97 Å². The number of nitrogens with zero attached hydrogens (tertiary/aromatic N) is 2. The molecule has 0 saturated carbocycles. The lowest BCUT2D eigenvalue weighted by molar-refractivity contribution is -0.136. The molecule has 0 heterocycles. The molecule has 0 aromatic rings. The van der Waals surface area contributed by atoms with Gasteiger partial charge in [0, 0.05) is 31.4 Å². The molecule has 17 heavy (non-hydrogen) atoms. The number of methoxy groups -OCH3 is 1. The van der Waals surface area contributed by atoms with Crippen LogP contribution in [-0.2, 0) is 9.53 Å². The van der Waals surface area contributed by atoms with E-state index < -0.39 is 0 Å². The molecule has 0 saturated heterocycles. The van der Waals surface area contributed by atoms with Crippen LogP contribution in [0.1, 0.15) is 13.8 Å². The van der Waals surface area contributed by atoms with Crippen molar-refractivity contribution in [3.8, 4) is 0 Å². The minimum absolute atomic E-state index is 0.287. The molecule has 0 N–H and O–H groups in total. The number of carbonyl (C=O) groups excluding carboxylic acids is 1. The lowest BCUT2D eigenvalue weighted by Crippen LogP contribution is -2.27. The van der Waals surface area contributed by atoms with E-state index in [0.717, 1.165) is 18.8 Å². The SMILES string of the molecule is COC(=O)C(C)=CC=C(C)N(C)CCN(C)C. The monoisotopic (exact) mass is 240 g/mol. The molecule has 4 nitrogen and oxygen atoms in total. The van der Waals surface area contributed by atoms with Gasteiger partial charge in [-0.05, 0) is 34.0 Å². The third-order valence-electron chi connectivity index (χ3n) is 2.57. The second kappa shape index (κ2) is 7.90. The maximum absolute atomic E-state index is 11.2. The van der Waals surface area contributed by atoms with Crippen LogP contribution in [0.15, 0.2) is 23.4 Å². The molecule has 0 aliphatic heterocycles. The number of carbonyl (C=O) groups is 1. The molecular weight excluding hydrogens is 216 g/mol. The zero-order valence-electron chi connectivity index (χ0n) is 11.8. The molecule has 0 atom stereocenters. The van der Waals surface area contributed by atoms with Crippen molar-refractivity contribution in [3.05, 3.63) is 23.4 Å². The summed E-state index contributed by atoms with van der Waals surface area (Å²) in [6.45, 7) is 5.73. The summed E-state index contributed by atoms with van der Waals surface area (Å²) in [5.41, 5.74) is 1.72. The molecule has 0 bridgehead atoms. The third kappa shape index (κ3) is 6.79. The Morgan fingerprint density at radius 3 is 2.18 bits per heavy atom. The highest BCUT2D eigenvalue weighted by atomic mass is 16.5. The molecule has 0 radical (unpaired) electrons. The van der Waals surface area contributed by atoms with Gasteiger partial charge in [0.15, 0.2) is 0 Å². The summed E-state index contributed by atoms with van der Waals surface area (Å²) in [4.78, 5) is 15.5. The summed E-state index contributed by atoms with van der Waals surface area (Å²) in [7, 11) is 7.53. The van der Waals surface area contributed by atoms with Crippen LogP contribution in [0.25, 0.3) is 0 Å². The number of likely N-dealkylation sites (N-methyl/N-ethyl adjacent to an activating group) is 2. The minimum atomic E-state index is -0.287. The molecule has 4 heteroatoms. The lowest BCUT2D eigenvalue weighted by atomic mass is 10.2. The zero-order chi connectivity index (χ0) is 13.4. The molecular formula is C13H24N2O2. The number of ether oxygens (including phenoxy) is 1. The van der Waals surface area contributed by atoms with Gasteiger partial charge in [0.05, 0.1) is 7.11 Å². The Balaban J connectivity index is 4.38. The summed E-state index contributed by atoms with van der Waals surface area (Å²) < 4.78 is 4.63. The highest BCUT2D eigenvalue weighted by Gasteiger charge is 2.02. The smallest absolute Gasteiger partial charge is 0.333 e. The van der Waals surface area contributed by atoms with Gasteiger partial charge < -0.3 is 14.5 Å². The molecule has 0 aliphatic carbocycles. The van der Waals surface area contributed by atoms with E-state index in [4.69, 9.17) is 0 Å². The van der Waals surface area contributed by atoms with Gasteiger partial charge in [-0.3, -0.25) is 0 Å². The normalized spacial score (nSPS) is 12.9. The number of hydrogen-bond acceptors (Lipinski definition) is 4. The van der Waals surface area contributed by atoms with Crippen molar-refractivity contribution in [1.29, 1.82) is 0 Å². The summed E-state index contributed by atoms with van der Waals surface area (Å²) in [5.74, 6) is -0.287. The van der Waals surface area contributed by atoms with E-state index in [0.29, 0.717) is 5.57 Å². The third-order valence-corrected chi connectivity index (χ3v) is 2.57. The van der Waals surface area contributed by atoms with Crippen LogP contribution in [0.4, 0.5) is 0 Å². The predicted octanol–water partition coefficient (Wildman–Crippen LogP) is 1.50. The van der Waals surface area contributed by atoms with Crippen molar-refractivity contribution in [1.82, 2.24) is 9.80 Å². The topological polar surface area (TPSA) is 32.8 Å².